The van der Waals surface area contributed by atoms with Crippen LogP contribution in [0.15, 0.2) is 59.4 Å². The van der Waals surface area contributed by atoms with Gasteiger partial charge in [0.25, 0.3) is 5.56 Å². The highest BCUT2D eigenvalue weighted by Crippen LogP contribution is 2.26. The molecule has 1 aliphatic heterocycles. The predicted octanol–water partition coefficient (Wildman–Crippen LogP) is 1.37. The maximum atomic E-state index is 12.3. The van der Waals surface area contributed by atoms with Crippen LogP contribution in [0.25, 0.3) is 22.0 Å². The first-order chi connectivity index (χ1) is 13.4. The van der Waals surface area contributed by atoms with Gasteiger partial charge in [0.1, 0.15) is 6.54 Å². The van der Waals surface area contributed by atoms with E-state index >= 15 is 0 Å². The monoisotopic (exact) mass is 397 g/mol. The molecular weight excluding hydrogens is 378 g/mol. The minimum absolute atomic E-state index is 0.0584. The van der Waals surface area contributed by atoms with E-state index in [0.29, 0.717) is 12.1 Å². The second-order valence-electron chi connectivity index (χ2n) is 6.91. The summed E-state index contributed by atoms with van der Waals surface area (Å²) in [5.74, 6) is -0.407. The standard InChI is InChI=1S/C20H19N3O4S/c24-19(21-15-10-11-28(26,27)13-15)12-23-20(25)9-8-18(22-23)17-7-3-5-14-4-1-2-6-16(14)17/h1-9,15H,10-13H2,(H,21,24). The molecule has 0 radical (unpaired) electrons. The van der Waals surface area contributed by atoms with E-state index in [9.17, 15) is 18.0 Å². The van der Waals surface area contributed by atoms with Gasteiger partial charge < -0.3 is 5.32 Å². The smallest absolute Gasteiger partial charge is 0.267 e. The van der Waals surface area contributed by atoms with Crippen LogP contribution in [0.4, 0.5) is 0 Å². The normalized spacial score (nSPS) is 18.2. The average Bonchev–Trinajstić information content (AvgIpc) is 3.01. The molecule has 28 heavy (non-hydrogen) atoms. The number of hydrogen-bond acceptors (Lipinski definition) is 5. The van der Waals surface area contributed by atoms with Crippen LogP contribution in [0.5, 0.6) is 0 Å². The number of hydrogen-bond donors (Lipinski definition) is 1. The number of amides is 1. The van der Waals surface area contributed by atoms with Crippen LogP contribution in [0.3, 0.4) is 0 Å². The third-order valence-electron chi connectivity index (χ3n) is 4.82. The average molecular weight is 397 g/mol. The Labute approximate surface area is 161 Å². The van der Waals surface area contributed by atoms with Gasteiger partial charge in [-0.1, -0.05) is 42.5 Å². The Balaban J connectivity index is 1.59. The Morgan fingerprint density at radius 2 is 1.89 bits per heavy atom. The van der Waals surface area contributed by atoms with Crippen molar-refractivity contribution >= 4 is 26.5 Å². The van der Waals surface area contributed by atoms with Crippen molar-refractivity contribution in [1.29, 1.82) is 0 Å². The number of nitrogens with one attached hydrogen (secondary N) is 1. The highest BCUT2D eigenvalue weighted by molar-refractivity contribution is 7.91. The quantitative estimate of drug-likeness (QED) is 0.717. The first-order valence-electron chi connectivity index (χ1n) is 8.97. The van der Waals surface area contributed by atoms with Gasteiger partial charge >= 0.3 is 0 Å². The Morgan fingerprint density at radius 1 is 1.11 bits per heavy atom. The van der Waals surface area contributed by atoms with Crippen molar-refractivity contribution < 1.29 is 13.2 Å². The van der Waals surface area contributed by atoms with Crippen LogP contribution in [0, 0.1) is 0 Å². The molecule has 1 amide bonds. The van der Waals surface area contributed by atoms with Gasteiger partial charge in [-0.3, -0.25) is 9.59 Å². The van der Waals surface area contributed by atoms with Gasteiger partial charge in [-0.2, -0.15) is 5.10 Å². The lowest BCUT2D eigenvalue weighted by Crippen LogP contribution is -2.40. The summed E-state index contributed by atoms with van der Waals surface area (Å²) >= 11 is 0. The van der Waals surface area contributed by atoms with Crippen LogP contribution in [-0.4, -0.2) is 41.7 Å². The summed E-state index contributed by atoms with van der Waals surface area (Å²) in [6, 6.07) is 16.3. The maximum absolute atomic E-state index is 12.3. The van der Waals surface area contributed by atoms with Gasteiger partial charge in [0, 0.05) is 17.7 Å². The van der Waals surface area contributed by atoms with Gasteiger partial charge in [0.05, 0.1) is 17.2 Å². The summed E-state index contributed by atoms with van der Waals surface area (Å²) in [6.45, 7) is -0.256. The van der Waals surface area contributed by atoms with E-state index in [-0.39, 0.29) is 18.1 Å². The fraction of sp³-hybridized carbons (Fsp3) is 0.250. The molecule has 1 fully saturated rings. The van der Waals surface area contributed by atoms with Crippen molar-refractivity contribution in [2.75, 3.05) is 11.5 Å². The van der Waals surface area contributed by atoms with E-state index in [2.05, 4.69) is 10.4 Å². The molecule has 2 heterocycles. The molecule has 3 aromatic rings. The summed E-state index contributed by atoms with van der Waals surface area (Å²) in [5.41, 5.74) is 1.07. The molecule has 7 nitrogen and oxygen atoms in total. The fourth-order valence-corrected chi connectivity index (χ4v) is 5.15. The first kappa shape index (κ1) is 18.4. The zero-order chi connectivity index (χ0) is 19.7. The molecule has 1 unspecified atom stereocenters. The molecule has 1 aromatic heterocycles. The summed E-state index contributed by atoms with van der Waals surface area (Å²) in [4.78, 5) is 24.5. The lowest BCUT2D eigenvalue weighted by Gasteiger charge is -2.12. The Kier molecular flexibility index (Phi) is 4.72. The molecule has 144 valence electrons. The van der Waals surface area contributed by atoms with Crippen molar-refractivity contribution in [2.45, 2.75) is 19.0 Å². The maximum Gasteiger partial charge on any atom is 0.267 e. The van der Waals surface area contributed by atoms with Gasteiger partial charge in [0.15, 0.2) is 9.84 Å². The minimum Gasteiger partial charge on any atom is -0.351 e. The van der Waals surface area contributed by atoms with E-state index in [1.165, 1.54) is 6.07 Å². The molecule has 4 rings (SSSR count). The van der Waals surface area contributed by atoms with Gasteiger partial charge in [-0.05, 0) is 23.3 Å². The molecular formula is C20H19N3O4S. The van der Waals surface area contributed by atoms with Gasteiger partial charge in [-0.25, -0.2) is 13.1 Å². The number of fused-ring (bicyclic) bond motifs is 1. The first-order valence-corrected chi connectivity index (χ1v) is 10.8. The molecule has 0 aliphatic carbocycles. The highest BCUT2D eigenvalue weighted by atomic mass is 32.2. The van der Waals surface area contributed by atoms with Gasteiger partial charge in [-0.15, -0.1) is 0 Å². The fourth-order valence-electron chi connectivity index (χ4n) is 3.47. The molecule has 0 bridgehead atoms. The molecule has 1 aliphatic rings. The highest BCUT2D eigenvalue weighted by Gasteiger charge is 2.29. The molecule has 1 saturated heterocycles. The number of carbonyl (C=O) groups is 1. The van der Waals surface area contributed by atoms with Crippen LogP contribution in [-0.2, 0) is 21.2 Å². The number of aromatic nitrogens is 2. The predicted molar refractivity (Wildman–Crippen MR) is 107 cm³/mol. The van der Waals surface area contributed by atoms with E-state index in [1.807, 2.05) is 42.5 Å². The largest absolute Gasteiger partial charge is 0.351 e. The third-order valence-corrected chi connectivity index (χ3v) is 6.59. The van der Waals surface area contributed by atoms with E-state index in [4.69, 9.17) is 0 Å². The van der Waals surface area contributed by atoms with Crippen LogP contribution >= 0.6 is 0 Å². The van der Waals surface area contributed by atoms with Crippen LogP contribution in [0.1, 0.15) is 6.42 Å². The molecule has 1 N–H and O–H groups in total. The summed E-state index contributed by atoms with van der Waals surface area (Å²) in [5, 5.41) is 9.10. The van der Waals surface area contributed by atoms with E-state index in [0.717, 1.165) is 21.0 Å². The topological polar surface area (TPSA) is 98.1 Å². The number of benzene rings is 2. The Hall–Kier alpha value is -3.00. The van der Waals surface area contributed by atoms with Crippen LogP contribution in [0.2, 0.25) is 0 Å². The number of rotatable bonds is 4. The Bertz CT molecular complexity index is 1210. The summed E-state index contributed by atoms with van der Waals surface area (Å²) < 4.78 is 24.2. The summed E-state index contributed by atoms with van der Waals surface area (Å²) in [7, 11) is -3.08. The molecule has 1 atom stereocenters. The number of nitrogens with zero attached hydrogens (tertiary/aromatic N) is 2. The molecule has 2 aromatic carbocycles. The molecule has 0 saturated carbocycles. The zero-order valence-electron chi connectivity index (χ0n) is 15.0. The van der Waals surface area contributed by atoms with Crippen molar-refractivity contribution in [1.82, 2.24) is 15.1 Å². The second kappa shape index (κ2) is 7.20. The third kappa shape index (κ3) is 3.82. The van der Waals surface area contributed by atoms with Gasteiger partial charge in [0.2, 0.25) is 5.91 Å². The molecule has 0 spiro atoms. The molecule has 8 heteroatoms. The van der Waals surface area contributed by atoms with Crippen molar-refractivity contribution in [3.63, 3.8) is 0 Å². The number of sulfone groups is 1. The summed E-state index contributed by atoms with van der Waals surface area (Å²) in [6.07, 6.45) is 0.395. The minimum atomic E-state index is -3.08. The van der Waals surface area contributed by atoms with Crippen molar-refractivity contribution in [3.8, 4) is 11.3 Å². The Morgan fingerprint density at radius 3 is 2.68 bits per heavy atom. The number of carbonyl (C=O) groups excluding carboxylic acids is 1. The zero-order valence-corrected chi connectivity index (χ0v) is 15.9. The lowest BCUT2D eigenvalue weighted by molar-refractivity contribution is -0.122. The SMILES string of the molecule is O=C(Cn1nc(-c2cccc3ccccc23)ccc1=O)NC1CCS(=O)(=O)C1. The van der Waals surface area contributed by atoms with E-state index < -0.39 is 27.3 Å². The van der Waals surface area contributed by atoms with Crippen molar-refractivity contribution in [2.24, 2.45) is 0 Å². The van der Waals surface area contributed by atoms with E-state index in [1.54, 1.807) is 6.07 Å². The van der Waals surface area contributed by atoms with Crippen molar-refractivity contribution in [3.05, 3.63) is 65.0 Å². The second-order valence-corrected chi connectivity index (χ2v) is 9.14. The lowest BCUT2D eigenvalue weighted by atomic mass is 10.0. The van der Waals surface area contributed by atoms with Crippen LogP contribution < -0.4 is 10.9 Å².